The van der Waals surface area contributed by atoms with Gasteiger partial charge in [0.1, 0.15) is 29.5 Å². The summed E-state index contributed by atoms with van der Waals surface area (Å²) >= 11 is 2.23. The average Bonchev–Trinajstić information content (AvgIpc) is 3.16. The highest BCUT2D eigenvalue weighted by atomic mass is 127. The maximum Gasteiger partial charge on any atom is 0.291 e. The highest BCUT2D eigenvalue weighted by Crippen LogP contribution is 2.21. The zero-order chi connectivity index (χ0) is 17.1. The first kappa shape index (κ1) is 16.6. The van der Waals surface area contributed by atoms with E-state index in [1.54, 1.807) is 26.0 Å². The molecule has 0 radical (unpaired) electrons. The van der Waals surface area contributed by atoms with Crippen LogP contribution in [0.2, 0.25) is 0 Å². The molecule has 2 aromatic heterocycles. The van der Waals surface area contributed by atoms with Crippen molar-refractivity contribution in [3.63, 3.8) is 0 Å². The molecule has 2 heterocycles. The fourth-order valence-electron chi connectivity index (χ4n) is 2.10. The number of aryl methyl sites for hydroxylation is 2. The number of carbonyl (C=O) groups is 1. The molecule has 3 rings (SSSR count). The van der Waals surface area contributed by atoms with E-state index in [4.69, 9.17) is 13.7 Å². The van der Waals surface area contributed by atoms with Gasteiger partial charge in [-0.15, -0.1) is 0 Å². The number of hydrogen-bond acceptors (Lipinski definition) is 5. The number of rotatable bonds is 5. The standard InChI is InChI=1S/C17H15IN2O4/c1-10-16(11(2)24-20-10)19-17(21)15-8-7-14(23-15)9-22-13-5-3-12(18)4-6-13/h3-8H,9H2,1-2H3,(H,19,21). The van der Waals surface area contributed by atoms with E-state index >= 15 is 0 Å². The summed E-state index contributed by atoms with van der Waals surface area (Å²) in [5, 5.41) is 6.53. The maximum atomic E-state index is 12.2. The number of hydrogen-bond donors (Lipinski definition) is 1. The average molecular weight is 438 g/mol. The Morgan fingerprint density at radius 2 is 1.96 bits per heavy atom. The Bertz CT molecular complexity index is 832. The van der Waals surface area contributed by atoms with Crippen molar-refractivity contribution in [1.82, 2.24) is 5.16 Å². The van der Waals surface area contributed by atoms with E-state index in [0.29, 0.717) is 22.9 Å². The molecule has 0 bridgehead atoms. The van der Waals surface area contributed by atoms with Crippen LogP contribution < -0.4 is 10.1 Å². The molecule has 24 heavy (non-hydrogen) atoms. The molecule has 124 valence electrons. The van der Waals surface area contributed by atoms with Crippen molar-refractivity contribution in [1.29, 1.82) is 0 Å². The number of ether oxygens (including phenoxy) is 1. The number of nitrogens with zero attached hydrogens (tertiary/aromatic N) is 1. The monoisotopic (exact) mass is 438 g/mol. The number of aromatic nitrogens is 1. The first-order valence-electron chi connectivity index (χ1n) is 7.24. The van der Waals surface area contributed by atoms with Gasteiger partial charge in [-0.3, -0.25) is 4.79 Å². The summed E-state index contributed by atoms with van der Waals surface area (Å²) in [6.45, 7) is 3.74. The zero-order valence-electron chi connectivity index (χ0n) is 13.1. The minimum atomic E-state index is -0.357. The van der Waals surface area contributed by atoms with Crippen molar-refractivity contribution in [3.05, 3.63) is 62.9 Å². The van der Waals surface area contributed by atoms with Gasteiger partial charge in [0.05, 0.1) is 0 Å². The SMILES string of the molecule is Cc1noc(C)c1NC(=O)c1ccc(COc2ccc(I)cc2)o1. The normalized spacial score (nSPS) is 10.6. The summed E-state index contributed by atoms with van der Waals surface area (Å²) in [6.07, 6.45) is 0. The Balaban J connectivity index is 1.62. The van der Waals surface area contributed by atoms with E-state index in [-0.39, 0.29) is 18.3 Å². The van der Waals surface area contributed by atoms with E-state index < -0.39 is 0 Å². The lowest BCUT2D eigenvalue weighted by Gasteiger charge is -2.04. The Morgan fingerprint density at radius 3 is 2.62 bits per heavy atom. The Labute approximate surface area is 152 Å². The van der Waals surface area contributed by atoms with Crippen molar-refractivity contribution in [3.8, 4) is 5.75 Å². The lowest BCUT2D eigenvalue weighted by atomic mass is 10.3. The second kappa shape index (κ2) is 7.08. The third kappa shape index (κ3) is 3.78. The lowest BCUT2D eigenvalue weighted by Crippen LogP contribution is -2.12. The molecule has 0 aliphatic heterocycles. The van der Waals surface area contributed by atoms with Crippen LogP contribution in [0.5, 0.6) is 5.75 Å². The second-order valence-corrected chi connectivity index (χ2v) is 6.41. The first-order chi connectivity index (χ1) is 11.5. The second-order valence-electron chi connectivity index (χ2n) is 5.16. The van der Waals surface area contributed by atoms with Crippen LogP contribution in [0.1, 0.15) is 27.8 Å². The third-order valence-electron chi connectivity index (χ3n) is 3.35. The van der Waals surface area contributed by atoms with Crippen molar-refractivity contribution >= 4 is 34.2 Å². The van der Waals surface area contributed by atoms with Crippen LogP contribution in [-0.4, -0.2) is 11.1 Å². The maximum absolute atomic E-state index is 12.2. The van der Waals surface area contributed by atoms with Crippen LogP contribution in [0.25, 0.3) is 0 Å². The predicted octanol–water partition coefficient (Wildman–Crippen LogP) is 4.32. The zero-order valence-corrected chi connectivity index (χ0v) is 15.3. The van der Waals surface area contributed by atoms with Gasteiger partial charge in [-0.25, -0.2) is 0 Å². The molecule has 0 saturated carbocycles. The summed E-state index contributed by atoms with van der Waals surface area (Å²) in [6, 6.07) is 11.0. The third-order valence-corrected chi connectivity index (χ3v) is 4.07. The molecule has 1 N–H and O–H groups in total. The number of nitrogens with one attached hydrogen (secondary N) is 1. The van der Waals surface area contributed by atoms with Crippen molar-refractivity contribution < 1.29 is 18.5 Å². The van der Waals surface area contributed by atoms with Crippen molar-refractivity contribution in [2.75, 3.05) is 5.32 Å². The molecule has 1 amide bonds. The Kier molecular flexibility index (Phi) is 4.89. The first-order valence-corrected chi connectivity index (χ1v) is 8.32. The highest BCUT2D eigenvalue weighted by molar-refractivity contribution is 14.1. The van der Waals surface area contributed by atoms with E-state index in [9.17, 15) is 4.79 Å². The van der Waals surface area contributed by atoms with Gasteiger partial charge in [-0.2, -0.15) is 0 Å². The fraction of sp³-hybridized carbons (Fsp3) is 0.176. The molecule has 6 nitrogen and oxygen atoms in total. The quantitative estimate of drug-likeness (QED) is 0.601. The molecular formula is C17H15IN2O4. The van der Waals surface area contributed by atoms with Gasteiger partial charge < -0.3 is 19.0 Å². The molecule has 0 spiro atoms. The molecule has 0 aliphatic carbocycles. The van der Waals surface area contributed by atoms with E-state index in [0.717, 1.165) is 9.32 Å². The van der Waals surface area contributed by atoms with Gasteiger partial charge in [0.15, 0.2) is 11.5 Å². The predicted molar refractivity (Wildman–Crippen MR) is 96.1 cm³/mol. The van der Waals surface area contributed by atoms with Crippen LogP contribution in [0.3, 0.4) is 0 Å². The van der Waals surface area contributed by atoms with E-state index in [2.05, 4.69) is 33.1 Å². The van der Waals surface area contributed by atoms with Crippen LogP contribution in [-0.2, 0) is 6.61 Å². The number of benzene rings is 1. The smallest absolute Gasteiger partial charge is 0.291 e. The number of halogens is 1. The molecule has 7 heteroatoms. The largest absolute Gasteiger partial charge is 0.486 e. The number of carbonyl (C=O) groups excluding carboxylic acids is 1. The highest BCUT2D eigenvalue weighted by Gasteiger charge is 2.16. The van der Waals surface area contributed by atoms with Gasteiger partial charge in [0.25, 0.3) is 5.91 Å². The van der Waals surface area contributed by atoms with Gasteiger partial charge in [-0.05, 0) is 72.8 Å². The number of anilines is 1. The lowest BCUT2D eigenvalue weighted by molar-refractivity contribution is 0.0992. The summed E-state index contributed by atoms with van der Waals surface area (Å²) in [4.78, 5) is 12.2. The molecule has 0 aliphatic rings. The Morgan fingerprint density at radius 1 is 1.21 bits per heavy atom. The summed E-state index contributed by atoms with van der Waals surface area (Å²) in [7, 11) is 0. The molecule has 1 aromatic carbocycles. The van der Waals surface area contributed by atoms with Crippen molar-refractivity contribution in [2.24, 2.45) is 0 Å². The van der Waals surface area contributed by atoms with Crippen molar-refractivity contribution in [2.45, 2.75) is 20.5 Å². The van der Waals surface area contributed by atoms with Gasteiger partial charge in [-0.1, -0.05) is 5.16 Å². The van der Waals surface area contributed by atoms with Crippen LogP contribution in [0.15, 0.2) is 45.3 Å². The summed E-state index contributed by atoms with van der Waals surface area (Å²) in [5.74, 6) is 1.71. The molecule has 3 aromatic rings. The Hall–Kier alpha value is -2.29. The van der Waals surface area contributed by atoms with Crippen LogP contribution >= 0.6 is 22.6 Å². The van der Waals surface area contributed by atoms with Gasteiger partial charge in [0.2, 0.25) is 0 Å². The summed E-state index contributed by atoms with van der Waals surface area (Å²) in [5.41, 5.74) is 1.18. The van der Waals surface area contributed by atoms with E-state index in [1.807, 2.05) is 24.3 Å². The van der Waals surface area contributed by atoms with Gasteiger partial charge in [0, 0.05) is 3.57 Å². The number of furan rings is 1. The summed E-state index contributed by atoms with van der Waals surface area (Å²) < 4.78 is 17.3. The molecular weight excluding hydrogens is 423 g/mol. The minimum absolute atomic E-state index is 0.205. The fourth-order valence-corrected chi connectivity index (χ4v) is 2.46. The molecule has 0 unspecified atom stereocenters. The molecule has 0 atom stereocenters. The molecule has 0 fully saturated rings. The van der Waals surface area contributed by atoms with Gasteiger partial charge >= 0.3 is 0 Å². The van der Waals surface area contributed by atoms with Crippen LogP contribution in [0.4, 0.5) is 5.69 Å². The number of amides is 1. The topological polar surface area (TPSA) is 77.5 Å². The molecule has 0 saturated heterocycles. The minimum Gasteiger partial charge on any atom is -0.486 e. The van der Waals surface area contributed by atoms with E-state index in [1.165, 1.54) is 0 Å². The van der Waals surface area contributed by atoms with Crippen LogP contribution in [0, 0.1) is 17.4 Å².